The van der Waals surface area contributed by atoms with Crippen LogP contribution in [0.15, 0.2) is 30.3 Å². The van der Waals surface area contributed by atoms with E-state index in [0.717, 1.165) is 12.5 Å². The fourth-order valence-electron chi connectivity index (χ4n) is 2.46. The maximum absolute atomic E-state index is 12.0. The summed E-state index contributed by atoms with van der Waals surface area (Å²) < 4.78 is 5.83. The number of nitrogens with zero attached hydrogens (tertiary/aromatic N) is 1. The number of amides is 1. The second-order valence-electron chi connectivity index (χ2n) is 5.50. The van der Waals surface area contributed by atoms with Gasteiger partial charge in [-0.25, -0.2) is 0 Å². The summed E-state index contributed by atoms with van der Waals surface area (Å²) >= 11 is 1.25. The molecule has 1 aliphatic carbocycles. The van der Waals surface area contributed by atoms with Crippen LogP contribution in [0.5, 0.6) is 0 Å². The summed E-state index contributed by atoms with van der Waals surface area (Å²) in [6, 6.07) is 10.2. The zero-order valence-corrected chi connectivity index (χ0v) is 13.3. The summed E-state index contributed by atoms with van der Waals surface area (Å²) in [4.78, 5) is 14.0. The Morgan fingerprint density at radius 3 is 2.62 bits per heavy atom. The van der Waals surface area contributed by atoms with Crippen molar-refractivity contribution in [1.82, 2.24) is 4.90 Å². The highest BCUT2D eigenvalue weighted by molar-refractivity contribution is 7.96. The van der Waals surface area contributed by atoms with E-state index in [1.54, 1.807) is 0 Å². The van der Waals surface area contributed by atoms with Gasteiger partial charge < -0.3 is 9.64 Å². The number of nitrogens with two attached hydrogens (primary N) is 1. The van der Waals surface area contributed by atoms with Crippen LogP contribution >= 0.6 is 11.9 Å². The van der Waals surface area contributed by atoms with Gasteiger partial charge in [-0.2, -0.15) is 0 Å². The Morgan fingerprint density at radius 2 is 2.00 bits per heavy atom. The van der Waals surface area contributed by atoms with Crippen molar-refractivity contribution >= 4 is 17.9 Å². The van der Waals surface area contributed by atoms with Crippen LogP contribution in [0.3, 0.4) is 0 Å². The first-order valence-corrected chi connectivity index (χ1v) is 8.70. The lowest BCUT2D eigenvalue weighted by atomic mass is 10.1. The maximum Gasteiger partial charge on any atom is 0.224 e. The van der Waals surface area contributed by atoms with Crippen molar-refractivity contribution in [2.75, 3.05) is 26.0 Å². The number of benzene rings is 1. The van der Waals surface area contributed by atoms with Crippen LogP contribution < -0.4 is 5.14 Å². The summed E-state index contributed by atoms with van der Waals surface area (Å²) in [5.41, 5.74) is 1.17. The van der Waals surface area contributed by atoms with Gasteiger partial charge in [0.1, 0.15) is 6.10 Å². The monoisotopic (exact) mass is 308 g/mol. The molecule has 0 bridgehead atoms. The largest absolute Gasteiger partial charge is 0.371 e. The van der Waals surface area contributed by atoms with Crippen molar-refractivity contribution in [2.24, 2.45) is 11.1 Å². The average Bonchev–Trinajstić information content (AvgIpc) is 3.31. The van der Waals surface area contributed by atoms with Crippen molar-refractivity contribution in [3.63, 3.8) is 0 Å². The highest BCUT2D eigenvalue weighted by Gasteiger charge is 2.30. The number of hydrogen-bond donors (Lipinski definition) is 1. The molecule has 21 heavy (non-hydrogen) atoms. The van der Waals surface area contributed by atoms with Crippen molar-refractivity contribution in [3.05, 3.63) is 35.9 Å². The molecule has 1 atom stereocenters. The number of hydrogen-bond acceptors (Lipinski definition) is 4. The molecule has 0 radical (unpaired) electrons. The topological polar surface area (TPSA) is 55.6 Å². The standard InChI is InChI=1S/C15H19NO2.CH5NS/c17-15-8-9-18-14(13-4-2-1-3-5-13)11-16(15)10-12-6-7-12;1-3-2/h1-5,12,14H,6-11H2;2H2,1H3/t14-;/m1./s1. The minimum absolute atomic E-state index is 0.0383. The fraction of sp³-hybridized carbons (Fsp3) is 0.562. The van der Waals surface area contributed by atoms with E-state index in [1.807, 2.05) is 29.4 Å². The minimum atomic E-state index is 0.0383. The molecule has 3 rings (SSSR count). The molecule has 0 aromatic heterocycles. The van der Waals surface area contributed by atoms with Crippen LogP contribution in [0.25, 0.3) is 0 Å². The second-order valence-corrected chi connectivity index (χ2v) is 5.97. The summed E-state index contributed by atoms with van der Waals surface area (Å²) in [5, 5.41) is 4.76. The van der Waals surface area contributed by atoms with E-state index in [2.05, 4.69) is 12.1 Å². The first kappa shape index (κ1) is 16.3. The maximum atomic E-state index is 12.0. The van der Waals surface area contributed by atoms with Gasteiger partial charge in [-0.05, 0) is 30.6 Å². The molecule has 1 heterocycles. The third-order valence-corrected chi connectivity index (χ3v) is 3.72. The van der Waals surface area contributed by atoms with Gasteiger partial charge in [-0.15, -0.1) is 0 Å². The third-order valence-electron chi connectivity index (χ3n) is 3.72. The van der Waals surface area contributed by atoms with E-state index in [-0.39, 0.29) is 12.0 Å². The fourth-order valence-corrected chi connectivity index (χ4v) is 2.46. The Morgan fingerprint density at radius 1 is 1.33 bits per heavy atom. The molecule has 0 unspecified atom stereocenters. The van der Waals surface area contributed by atoms with E-state index in [9.17, 15) is 4.79 Å². The number of ether oxygens (including phenoxy) is 1. The molecule has 1 aliphatic heterocycles. The Balaban J connectivity index is 0.000000497. The molecule has 2 fully saturated rings. The van der Waals surface area contributed by atoms with Gasteiger partial charge in [-0.1, -0.05) is 42.3 Å². The van der Waals surface area contributed by atoms with E-state index in [0.29, 0.717) is 19.6 Å². The Kier molecular flexibility index (Phi) is 6.54. The minimum Gasteiger partial charge on any atom is -0.371 e. The number of carbonyl (C=O) groups is 1. The molecule has 1 aromatic rings. The number of carbonyl (C=O) groups excluding carboxylic acids is 1. The van der Waals surface area contributed by atoms with Crippen LogP contribution in [0.1, 0.15) is 30.9 Å². The molecular formula is C16H24N2O2S. The molecular weight excluding hydrogens is 284 g/mol. The van der Waals surface area contributed by atoms with Gasteiger partial charge in [0.2, 0.25) is 5.91 Å². The molecule has 116 valence electrons. The first-order chi connectivity index (χ1) is 10.2. The first-order valence-electron chi connectivity index (χ1n) is 7.41. The van der Waals surface area contributed by atoms with Crippen LogP contribution in [0.2, 0.25) is 0 Å². The molecule has 4 nitrogen and oxygen atoms in total. The van der Waals surface area contributed by atoms with E-state index in [4.69, 9.17) is 9.88 Å². The zero-order chi connectivity index (χ0) is 15.1. The van der Waals surface area contributed by atoms with E-state index < -0.39 is 0 Å². The van der Waals surface area contributed by atoms with Crippen molar-refractivity contribution in [3.8, 4) is 0 Å². The van der Waals surface area contributed by atoms with Gasteiger partial charge in [0.05, 0.1) is 19.6 Å². The number of rotatable bonds is 3. The predicted octanol–water partition coefficient (Wildman–Crippen LogP) is 2.61. The lowest BCUT2D eigenvalue weighted by molar-refractivity contribution is -0.130. The third kappa shape index (κ3) is 5.34. The quantitative estimate of drug-likeness (QED) is 0.872. The average molecular weight is 308 g/mol. The molecule has 1 aromatic carbocycles. The molecule has 1 saturated heterocycles. The summed E-state index contributed by atoms with van der Waals surface area (Å²) in [7, 11) is 0. The Labute approximate surface area is 131 Å². The Bertz CT molecular complexity index is 437. The highest BCUT2D eigenvalue weighted by atomic mass is 32.2. The summed E-state index contributed by atoms with van der Waals surface area (Å²) in [5.74, 6) is 0.990. The second kappa shape index (κ2) is 8.41. The Hall–Kier alpha value is -1.04. The van der Waals surface area contributed by atoms with Gasteiger partial charge >= 0.3 is 0 Å². The van der Waals surface area contributed by atoms with Crippen molar-refractivity contribution in [2.45, 2.75) is 25.4 Å². The van der Waals surface area contributed by atoms with Crippen molar-refractivity contribution in [1.29, 1.82) is 0 Å². The summed E-state index contributed by atoms with van der Waals surface area (Å²) in [6.45, 7) is 2.17. The molecule has 2 aliphatic rings. The van der Waals surface area contributed by atoms with E-state index in [1.165, 1.54) is 30.4 Å². The van der Waals surface area contributed by atoms with Crippen LogP contribution in [-0.4, -0.2) is 36.8 Å². The van der Waals surface area contributed by atoms with Gasteiger partial charge in [0, 0.05) is 6.54 Å². The molecule has 5 heteroatoms. The lowest BCUT2D eigenvalue weighted by Crippen LogP contribution is -2.34. The molecule has 2 N–H and O–H groups in total. The SMILES string of the molecule is CSN.O=C1CCO[C@@H](c2ccccc2)CN1CC1CC1. The molecule has 1 saturated carbocycles. The van der Waals surface area contributed by atoms with Gasteiger partial charge in [-0.3, -0.25) is 9.93 Å². The van der Waals surface area contributed by atoms with Gasteiger partial charge in [0.15, 0.2) is 0 Å². The molecule has 1 amide bonds. The predicted molar refractivity (Wildman–Crippen MR) is 86.8 cm³/mol. The van der Waals surface area contributed by atoms with Crippen molar-refractivity contribution < 1.29 is 9.53 Å². The van der Waals surface area contributed by atoms with Crippen LogP contribution in [0.4, 0.5) is 0 Å². The normalized spacial score (nSPS) is 22.3. The van der Waals surface area contributed by atoms with Gasteiger partial charge in [0.25, 0.3) is 0 Å². The van der Waals surface area contributed by atoms with Crippen LogP contribution in [-0.2, 0) is 9.53 Å². The highest BCUT2D eigenvalue weighted by Crippen LogP contribution is 2.31. The zero-order valence-electron chi connectivity index (χ0n) is 12.5. The smallest absolute Gasteiger partial charge is 0.224 e. The summed E-state index contributed by atoms with van der Waals surface area (Å²) in [6.07, 6.45) is 4.94. The molecule has 0 spiro atoms. The van der Waals surface area contributed by atoms with E-state index >= 15 is 0 Å². The van der Waals surface area contributed by atoms with Crippen LogP contribution in [0, 0.1) is 5.92 Å². The lowest BCUT2D eigenvalue weighted by Gasteiger charge is -2.24.